The number of nitrogens with zero attached hydrogens (tertiary/aromatic N) is 1. The van der Waals surface area contributed by atoms with Crippen LogP contribution in [0.2, 0.25) is 0 Å². The van der Waals surface area contributed by atoms with Gasteiger partial charge in [-0.1, -0.05) is 20.3 Å². The number of rotatable bonds is 7. The molecule has 0 aliphatic carbocycles. The lowest BCUT2D eigenvalue weighted by atomic mass is 9.95. The summed E-state index contributed by atoms with van der Waals surface area (Å²) in [6.07, 6.45) is 3.62. The first kappa shape index (κ1) is 12.9. The highest BCUT2D eigenvalue weighted by Crippen LogP contribution is 2.12. The molecule has 0 aromatic carbocycles. The van der Waals surface area contributed by atoms with E-state index in [-0.39, 0.29) is 0 Å². The fourth-order valence-electron chi connectivity index (χ4n) is 1.59. The molecule has 0 amide bonds. The lowest BCUT2D eigenvalue weighted by molar-refractivity contribution is 0.296. The van der Waals surface area contributed by atoms with E-state index in [9.17, 15) is 0 Å². The van der Waals surface area contributed by atoms with Crippen LogP contribution >= 0.6 is 0 Å². The second-order valence-corrected chi connectivity index (χ2v) is 4.13. The summed E-state index contributed by atoms with van der Waals surface area (Å²) >= 11 is 0. The van der Waals surface area contributed by atoms with Crippen molar-refractivity contribution in [2.45, 2.75) is 39.2 Å². The molecular weight excluding hydrogens is 162 g/mol. The standard InChI is InChI=1S/C10H25N3/c1-5-6-9(2)10(12-11)7-8-13(3)4/h9-10,12H,5-8,11H2,1-4H3. The molecule has 0 heterocycles. The molecule has 13 heavy (non-hydrogen) atoms. The van der Waals surface area contributed by atoms with Gasteiger partial charge in [0.2, 0.25) is 0 Å². The SMILES string of the molecule is CCCC(C)C(CCN(C)C)NN. The summed E-state index contributed by atoms with van der Waals surface area (Å²) in [5.74, 6) is 6.20. The summed E-state index contributed by atoms with van der Waals surface area (Å²) in [5.41, 5.74) is 2.92. The fourth-order valence-corrected chi connectivity index (χ4v) is 1.59. The van der Waals surface area contributed by atoms with Crippen LogP contribution in [0.1, 0.15) is 33.1 Å². The van der Waals surface area contributed by atoms with E-state index >= 15 is 0 Å². The summed E-state index contributed by atoms with van der Waals surface area (Å²) in [4.78, 5) is 2.20. The Hall–Kier alpha value is -0.120. The molecule has 0 aromatic heterocycles. The first-order valence-electron chi connectivity index (χ1n) is 5.22. The summed E-state index contributed by atoms with van der Waals surface area (Å²) in [6, 6.07) is 0.461. The van der Waals surface area contributed by atoms with E-state index in [1.165, 1.54) is 12.8 Å². The lowest BCUT2D eigenvalue weighted by Gasteiger charge is -2.24. The van der Waals surface area contributed by atoms with Crippen molar-refractivity contribution in [3.05, 3.63) is 0 Å². The third kappa shape index (κ3) is 6.02. The second-order valence-electron chi connectivity index (χ2n) is 4.13. The van der Waals surface area contributed by atoms with Crippen molar-refractivity contribution >= 4 is 0 Å². The zero-order chi connectivity index (χ0) is 10.3. The molecule has 2 unspecified atom stereocenters. The molecule has 3 N–H and O–H groups in total. The second kappa shape index (κ2) is 7.30. The van der Waals surface area contributed by atoms with E-state index in [1.807, 2.05) is 0 Å². The molecule has 0 saturated heterocycles. The van der Waals surface area contributed by atoms with Crippen molar-refractivity contribution < 1.29 is 0 Å². The van der Waals surface area contributed by atoms with E-state index < -0.39 is 0 Å². The van der Waals surface area contributed by atoms with Gasteiger partial charge in [-0.3, -0.25) is 11.3 Å². The Bertz CT molecular complexity index is 115. The number of hydrazine groups is 1. The molecule has 0 fully saturated rings. The summed E-state index contributed by atoms with van der Waals surface area (Å²) in [5, 5.41) is 0. The highest BCUT2D eigenvalue weighted by atomic mass is 15.2. The van der Waals surface area contributed by atoms with Crippen LogP contribution in [-0.4, -0.2) is 31.6 Å². The highest BCUT2D eigenvalue weighted by Gasteiger charge is 2.14. The molecule has 0 aromatic rings. The number of hydrogen-bond donors (Lipinski definition) is 2. The van der Waals surface area contributed by atoms with Gasteiger partial charge in [-0.2, -0.15) is 0 Å². The Morgan fingerprint density at radius 1 is 1.31 bits per heavy atom. The smallest absolute Gasteiger partial charge is 0.0248 e. The van der Waals surface area contributed by atoms with Gasteiger partial charge in [0, 0.05) is 6.04 Å². The molecule has 80 valence electrons. The minimum atomic E-state index is 0.461. The third-order valence-electron chi connectivity index (χ3n) is 2.53. The van der Waals surface area contributed by atoms with E-state index in [2.05, 4.69) is 38.3 Å². The Morgan fingerprint density at radius 3 is 2.31 bits per heavy atom. The average Bonchev–Trinajstić information content (AvgIpc) is 2.05. The molecule has 3 heteroatoms. The van der Waals surface area contributed by atoms with Crippen molar-refractivity contribution in [3.63, 3.8) is 0 Å². The monoisotopic (exact) mass is 187 g/mol. The van der Waals surface area contributed by atoms with Crippen LogP contribution < -0.4 is 11.3 Å². The zero-order valence-corrected chi connectivity index (χ0v) is 9.51. The topological polar surface area (TPSA) is 41.3 Å². The predicted molar refractivity (Wildman–Crippen MR) is 58.4 cm³/mol. The van der Waals surface area contributed by atoms with Gasteiger partial charge in [0.15, 0.2) is 0 Å². The minimum Gasteiger partial charge on any atom is -0.309 e. The Kier molecular flexibility index (Phi) is 7.23. The summed E-state index contributed by atoms with van der Waals surface area (Å²) < 4.78 is 0. The fraction of sp³-hybridized carbons (Fsp3) is 1.00. The van der Waals surface area contributed by atoms with Crippen LogP contribution in [-0.2, 0) is 0 Å². The zero-order valence-electron chi connectivity index (χ0n) is 9.51. The van der Waals surface area contributed by atoms with E-state index in [4.69, 9.17) is 5.84 Å². The molecule has 3 nitrogen and oxygen atoms in total. The number of nitrogens with two attached hydrogens (primary N) is 1. The maximum absolute atomic E-state index is 5.52. The van der Waals surface area contributed by atoms with Gasteiger partial charge in [-0.25, -0.2) is 0 Å². The summed E-state index contributed by atoms with van der Waals surface area (Å²) in [6.45, 7) is 5.59. The minimum absolute atomic E-state index is 0.461. The maximum atomic E-state index is 5.52. The molecule has 0 aliphatic heterocycles. The van der Waals surface area contributed by atoms with E-state index in [0.29, 0.717) is 12.0 Å². The quantitative estimate of drug-likeness (QED) is 0.465. The maximum Gasteiger partial charge on any atom is 0.0248 e. The van der Waals surface area contributed by atoms with Crippen molar-refractivity contribution in [3.8, 4) is 0 Å². The molecule has 2 atom stereocenters. The van der Waals surface area contributed by atoms with E-state index in [0.717, 1.165) is 13.0 Å². The Morgan fingerprint density at radius 2 is 1.92 bits per heavy atom. The van der Waals surface area contributed by atoms with Crippen LogP contribution in [0.25, 0.3) is 0 Å². The van der Waals surface area contributed by atoms with Crippen LogP contribution in [0.3, 0.4) is 0 Å². The Balaban J connectivity index is 3.73. The highest BCUT2D eigenvalue weighted by molar-refractivity contribution is 4.71. The number of nitrogens with one attached hydrogen (secondary N) is 1. The first-order valence-corrected chi connectivity index (χ1v) is 5.22. The molecule has 0 radical (unpaired) electrons. The average molecular weight is 187 g/mol. The predicted octanol–water partition coefficient (Wildman–Crippen LogP) is 1.21. The molecule has 0 aliphatic rings. The van der Waals surface area contributed by atoms with Crippen molar-refractivity contribution in [2.75, 3.05) is 20.6 Å². The molecular formula is C10H25N3. The lowest BCUT2D eigenvalue weighted by Crippen LogP contribution is -2.41. The van der Waals surface area contributed by atoms with E-state index in [1.54, 1.807) is 0 Å². The molecule has 0 spiro atoms. The molecule has 0 bridgehead atoms. The van der Waals surface area contributed by atoms with Gasteiger partial charge in [0.25, 0.3) is 0 Å². The van der Waals surface area contributed by atoms with Gasteiger partial charge in [0.1, 0.15) is 0 Å². The van der Waals surface area contributed by atoms with Crippen LogP contribution in [0, 0.1) is 5.92 Å². The summed E-state index contributed by atoms with van der Waals surface area (Å²) in [7, 11) is 4.19. The van der Waals surface area contributed by atoms with Gasteiger partial charge in [-0.15, -0.1) is 0 Å². The molecule has 0 saturated carbocycles. The van der Waals surface area contributed by atoms with Crippen LogP contribution in [0.4, 0.5) is 0 Å². The largest absolute Gasteiger partial charge is 0.309 e. The Labute approximate surface area is 82.6 Å². The van der Waals surface area contributed by atoms with Crippen molar-refractivity contribution in [1.82, 2.24) is 10.3 Å². The van der Waals surface area contributed by atoms with Crippen LogP contribution in [0.15, 0.2) is 0 Å². The van der Waals surface area contributed by atoms with Crippen molar-refractivity contribution in [1.29, 1.82) is 0 Å². The first-order chi connectivity index (χ1) is 6.11. The van der Waals surface area contributed by atoms with Gasteiger partial charge in [0.05, 0.1) is 0 Å². The van der Waals surface area contributed by atoms with Gasteiger partial charge < -0.3 is 4.90 Å². The normalized spacial score (nSPS) is 16.2. The van der Waals surface area contributed by atoms with Crippen LogP contribution in [0.5, 0.6) is 0 Å². The van der Waals surface area contributed by atoms with Gasteiger partial charge >= 0.3 is 0 Å². The number of hydrogen-bond acceptors (Lipinski definition) is 3. The van der Waals surface area contributed by atoms with Crippen molar-refractivity contribution in [2.24, 2.45) is 11.8 Å². The molecule has 0 rings (SSSR count). The third-order valence-corrected chi connectivity index (χ3v) is 2.53. The van der Waals surface area contributed by atoms with Gasteiger partial charge in [-0.05, 0) is 39.4 Å².